The third-order valence-corrected chi connectivity index (χ3v) is 3.85. The minimum Gasteiger partial charge on any atom is -0.454 e. The molecule has 0 aliphatic carbocycles. The predicted molar refractivity (Wildman–Crippen MR) is 87.1 cm³/mol. The molecule has 0 saturated heterocycles. The van der Waals surface area contributed by atoms with Crippen LogP contribution < -0.4 is 9.47 Å². The molecule has 0 bridgehead atoms. The minimum absolute atomic E-state index is 0.134. The van der Waals surface area contributed by atoms with Crippen LogP contribution in [0.3, 0.4) is 0 Å². The van der Waals surface area contributed by atoms with Crippen LogP contribution in [0.5, 0.6) is 11.5 Å². The van der Waals surface area contributed by atoms with E-state index in [1.54, 1.807) is 28.8 Å². The fraction of sp³-hybridized carbons (Fsp3) is 0.167. The van der Waals surface area contributed by atoms with Gasteiger partial charge in [0, 0.05) is 18.0 Å². The fourth-order valence-corrected chi connectivity index (χ4v) is 2.54. The van der Waals surface area contributed by atoms with Crippen molar-refractivity contribution in [3.8, 4) is 11.5 Å². The lowest BCUT2D eigenvalue weighted by atomic mass is 10.1. The van der Waals surface area contributed by atoms with E-state index in [1.807, 2.05) is 25.3 Å². The van der Waals surface area contributed by atoms with Crippen LogP contribution in [0.2, 0.25) is 0 Å². The zero-order valence-electron chi connectivity index (χ0n) is 13.4. The van der Waals surface area contributed by atoms with Gasteiger partial charge in [0.05, 0.1) is 0 Å². The molecule has 7 nitrogen and oxygen atoms in total. The standard InChI is InChI=1S/C18H14N2O5/c1-11-4-5-20-8-13(19-17(20)6-11)18(22)23-9-14(21)12-2-3-15-16(7-12)25-10-24-15/h2-8H,9-10H2,1H3. The number of ether oxygens (including phenoxy) is 3. The van der Waals surface area contributed by atoms with Gasteiger partial charge < -0.3 is 18.6 Å². The van der Waals surface area contributed by atoms with E-state index in [1.165, 1.54) is 0 Å². The van der Waals surface area contributed by atoms with Crippen LogP contribution in [0, 0.1) is 6.92 Å². The van der Waals surface area contributed by atoms with E-state index in [-0.39, 0.29) is 24.9 Å². The van der Waals surface area contributed by atoms with Crippen molar-refractivity contribution in [2.24, 2.45) is 0 Å². The highest BCUT2D eigenvalue weighted by molar-refractivity contribution is 5.99. The van der Waals surface area contributed by atoms with E-state index in [2.05, 4.69) is 4.98 Å². The normalized spacial score (nSPS) is 12.4. The first-order chi connectivity index (χ1) is 12.1. The molecule has 0 unspecified atom stereocenters. The van der Waals surface area contributed by atoms with E-state index in [0.717, 1.165) is 5.56 Å². The molecule has 4 rings (SSSR count). The number of hydrogen-bond donors (Lipinski definition) is 0. The number of aromatic nitrogens is 2. The monoisotopic (exact) mass is 338 g/mol. The van der Waals surface area contributed by atoms with Gasteiger partial charge in [-0.25, -0.2) is 9.78 Å². The van der Waals surface area contributed by atoms with Crippen molar-refractivity contribution in [2.45, 2.75) is 6.92 Å². The van der Waals surface area contributed by atoms with Gasteiger partial charge in [0.1, 0.15) is 5.65 Å². The van der Waals surface area contributed by atoms with E-state index >= 15 is 0 Å². The molecule has 0 radical (unpaired) electrons. The second-order valence-corrected chi connectivity index (χ2v) is 5.66. The van der Waals surface area contributed by atoms with Gasteiger partial charge in [0.2, 0.25) is 6.79 Å². The molecule has 2 aromatic heterocycles. The van der Waals surface area contributed by atoms with E-state index in [9.17, 15) is 9.59 Å². The number of ketones is 1. The predicted octanol–water partition coefficient (Wildman–Crippen LogP) is 2.41. The number of imidazole rings is 1. The summed E-state index contributed by atoms with van der Waals surface area (Å²) in [6.45, 7) is 1.71. The Morgan fingerprint density at radius 3 is 2.92 bits per heavy atom. The first-order valence-electron chi connectivity index (χ1n) is 7.65. The number of carbonyl (C=O) groups is 2. The number of carbonyl (C=O) groups excluding carboxylic acids is 2. The average molecular weight is 338 g/mol. The van der Waals surface area contributed by atoms with Crippen molar-refractivity contribution >= 4 is 17.4 Å². The van der Waals surface area contributed by atoms with E-state index in [0.29, 0.717) is 22.7 Å². The van der Waals surface area contributed by atoms with Crippen LogP contribution in [-0.2, 0) is 4.74 Å². The highest BCUT2D eigenvalue weighted by Gasteiger charge is 2.18. The molecule has 126 valence electrons. The molecular weight excluding hydrogens is 324 g/mol. The van der Waals surface area contributed by atoms with Crippen molar-refractivity contribution < 1.29 is 23.8 Å². The van der Waals surface area contributed by atoms with Gasteiger partial charge in [0.15, 0.2) is 29.6 Å². The number of nitrogens with zero attached hydrogens (tertiary/aromatic N) is 2. The molecule has 1 aliphatic heterocycles. The Labute approximate surface area is 142 Å². The Hall–Kier alpha value is -3.35. The smallest absolute Gasteiger partial charge is 0.359 e. The van der Waals surface area contributed by atoms with Crippen LogP contribution in [0.1, 0.15) is 26.4 Å². The third kappa shape index (κ3) is 2.91. The second kappa shape index (κ2) is 5.94. The van der Waals surface area contributed by atoms with Gasteiger partial charge in [-0.15, -0.1) is 0 Å². The van der Waals surface area contributed by atoms with Crippen LogP contribution in [-0.4, -0.2) is 34.5 Å². The van der Waals surface area contributed by atoms with Crippen LogP contribution in [0.15, 0.2) is 42.7 Å². The summed E-state index contributed by atoms with van der Waals surface area (Å²) >= 11 is 0. The quantitative estimate of drug-likeness (QED) is 0.537. The average Bonchev–Trinajstić information content (AvgIpc) is 3.24. The van der Waals surface area contributed by atoms with E-state index in [4.69, 9.17) is 14.2 Å². The Bertz CT molecular complexity index is 992. The molecule has 0 fully saturated rings. The lowest BCUT2D eigenvalue weighted by Gasteiger charge is -2.03. The van der Waals surface area contributed by atoms with Crippen LogP contribution >= 0.6 is 0 Å². The van der Waals surface area contributed by atoms with Crippen molar-refractivity contribution in [3.05, 3.63) is 59.5 Å². The Morgan fingerprint density at radius 2 is 2.04 bits per heavy atom. The molecular formula is C18H14N2O5. The van der Waals surface area contributed by atoms with Crippen molar-refractivity contribution in [2.75, 3.05) is 13.4 Å². The number of aryl methyl sites for hydroxylation is 1. The molecule has 0 saturated carbocycles. The number of benzene rings is 1. The molecule has 0 spiro atoms. The summed E-state index contributed by atoms with van der Waals surface area (Å²) in [6, 6.07) is 8.60. The first kappa shape index (κ1) is 15.2. The summed E-state index contributed by atoms with van der Waals surface area (Å²) in [5.41, 5.74) is 2.23. The highest BCUT2D eigenvalue weighted by atomic mass is 16.7. The van der Waals surface area contributed by atoms with Gasteiger partial charge in [-0.1, -0.05) is 0 Å². The van der Waals surface area contributed by atoms with Gasteiger partial charge in [-0.2, -0.15) is 0 Å². The van der Waals surface area contributed by atoms with Gasteiger partial charge in [-0.05, 0) is 42.8 Å². The molecule has 0 amide bonds. The van der Waals surface area contributed by atoms with Crippen LogP contribution in [0.25, 0.3) is 5.65 Å². The highest BCUT2D eigenvalue weighted by Crippen LogP contribution is 2.32. The zero-order valence-corrected chi connectivity index (χ0v) is 13.4. The van der Waals surface area contributed by atoms with Gasteiger partial charge in [0.25, 0.3) is 0 Å². The maximum atomic E-state index is 12.2. The summed E-state index contributed by atoms with van der Waals surface area (Å²) in [5.74, 6) is 0.128. The Morgan fingerprint density at radius 1 is 1.20 bits per heavy atom. The SMILES string of the molecule is Cc1ccn2cc(C(=O)OCC(=O)c3ccc4c(c3)OCO4)nc2c1. The minimum atomic E-state index is -0.643. The summed E-state index contributed by atoms with van der Waals surface area (Å²) in [7, 11) is 0. The molecule has 1 aromatic carbocycles. The molecule has 0 N–H and O–H groups in total. The van der Waals surface area contributed by atoms with Crippen molar-refractivity contribution in [3.63, 3.8) is 0 Å². The molecule has 7 heteroatoms. The van der Waals surface area contributed by atoms with Crippen molar-refractivity contribution in [1.82, 2.24) is 9.38 Å². The molecule has 1 aliphatic rings. The fourth-order valence-electron chi connectivity index (χ4n) is 2.54. The maximum Gasteiger partial charge on any atom is 0.359 e. The number of fused-ring (bicyclic) bond motifs is 2. The summed E-state index contributed by atoms with van der Waals surface area (Å²) in [5, 5.41) is 0. The zero-order chi connectivity index (χ0) is 17.4. The first-order valence-corrected chi connectivity index (χ1v) is 7.65. The number of hydrogen-bond acceptors (Lipinski definition) is 6. The Balaban J connectivity index is 1.44. The number of rotatable bonds is 4. The second-order valence-electron chi connectivity index (χ2n) is 5.66. The Kier molecular flexibility index (Phi) is 3.61. The molecule has 25 heavy (non-hydrogen) atoms. The largest absolute Gasteiger partial charge is 0.454 e. The molecule has 0 atom stereocenters. The molecule has 3 heterocycles. The number of pyridine rings is 1. The summed E-state index contributed by atoms with van der Waals surface area (Å²) in [6.07, 6.45) is 3.38. The van der Waals surface area contributed by atoms with Crippen molar-refractivity contribution in [1.29, 1.82) is 0 Å². The summed E-state index contributed by atoms with van der Waals surface area (Å²) in [4.78, 5) is 28.5. The number of esters is 1. The lowest BCUT2D eigenvalue weighted by Crippen LogP contribution is -2.14. The van der Waals surface area contributed by atoms with Gasteiger partial charge in [-0.3, -0.25) is 4.79 Å². The lowest BCUT2D eigenvalue weighted by molar-refractivity contribution is 0.0469. The molecule has 3 aromatic rings. The third-order valence-electron chi connectivity index (χ3n) is 3.85. The van der Waals surface area contributed by atoms with Crippen LogP contribution in [0.4, 0.5) is 0 Å². The maximum absolute atomic E-state index is 12.2. The topological polar surface area (TPSA) is 79.1 Å². The summed E-state index contributed by atoms with van der Waals surface area (Å²) < 4.78 is 17.2. The van der Waals surface area contributed by atoms with Gasteiger partial charge >= 0.3 is 5.97 Å². The number of Topliss-reactive ketones (excluding diaryl/α,β-unsaturated/α-hetero) is 1. The van der Waals surface area contributed by atoms with E-state index < -0.39 is 5.97 Å².